The summed E-state index contributed by atoms with van der Waals surface area (Å²) < 4.78 is -1.27. The molecule has 0 saturated carbocycles. The SMILES string of the molecule is Cc1ccc(SC(Cl)(Cl)Cl)cc1. The van der Waals surface area contributed by atoms with Crippen molar-refractivity contribution in [3.8, 4) is 0 Å². The third-order valence-electron chi connectivity index (χ3n) is 1.25. The maximum Gasteiger partial charge on any atom is 0.241 e. The highest BCUT2D eigenvalue weighted by atomic mass is 35.6. The average molecular weight is 242 g/mol. The van der Waals surface area contributed by atoms with E-state index in [0.29, 0.717) is 0 Å². The molecule has 1 aromatic rings. The molecular weight excluding hydrogens is 235 g/mol. The van der Waals surface area contributed by atoms with Gasteiger partial charge < -0.3 is 0 Å². The van der Waals surface area contributed by atoms with Crippen LogP contribution in [0.1, 0.15) is 5.56 Å². The Morgan fingerprint density at radius 2 is 1.58 bits per heavy atom. The van der Waals surface area contributed by atoms with E-state index >= 15 is 0 Å². The first kappa shape index (κ1) is 10.5. The van der Waals surface area contributed by atoms with Crippen molar-refractivity contribution in [1.29, 1.82) is 0 Å². The second-order valence-electron chi connectivity index (χ2n) is 2.36. The molecule has 0 spiro atoms. The summed E-state index contributed by atoms with van der Waals surface area (Å²) in [7, 11) is 0. The quantitative estimate of drug-likeness (QED) is 0.518. The number of benzene rings is 1. The molecule has 1 aromatic carbocycles. The zero-order valence-corrected chi connectivity index (χ0v) is 9.44. The van der Waals surface area contributed by atoms with E-state index in [-0.39, 0.29) is 0 Å². The van der Waals surface area contributed by atoms with Crippen LogP contribution in [0.3, 0.4) is 0 Å². The van der Waals surface area contributed by atoms with Crippen molar-refractivity contribution in [3.63, 3.8) is 0 Å². The Morgan fingerprint density at radius 3 is 2.00 bits per heavy atom. The lowest BCUT2D eigenvalue weighted by Gasteiger charge is -2.09. The van der Waals surface area contributed by atoms with E-state index in [4.69, 9.17) is 34.8 Å². The lowest BCUT2D eigenvalue weighted by atomic mass is 10.2. The van der Waals surface area contributed by atoms with Crippen LogP contribution in [0.15, 0.2) is 29.2 Å². The molecule has 0 fully saturated rings. The van der Waals surface area contributed by atoms with E-state index < -0.39 is 3.12 Å². The van der Waals surface area contributed by atoms with Gasteiger partial charge in [0.25, 0.3) is 0 Å². The van der Waals surface area contributed by atoms with Crippen LogP contribution < -0.4 is 0 Å². The molecule has 0 N–H and O–H groups in total. The third-order valence-corrected chi connectivity index (χ3v) is 2.69. The van der Waals surface area contributed by atoms with Gasteiger partial charge in [-0.1, -0.05) is 64.3 Å². The Morgan fingerprint density at radius 1 is 1.08 bits per heavy atom. The second-order valence-corrected chi connectivity index (χ2v) is 6.60. The molecule has 0 atom stereocenters. The summed E-state index contributed by atoms with van der Waals surface area (Å²) in [6.07, 6.45) is 0. The minimum atomic E-state index is -1.27. The molecule has 4 heteroatoms. The molecule has 0 heterocycles. The van der Waals surface area contributed by atoms with E-state index in [0.717, 1.165) is 4.90 Å². The van der Waals surface area contributed by atoms with Gasteiger partial charge in [-0.3, -0.25) is 0 Å². The van der Waals surface area contributed by atoms with Crippen molar-refractivity contribution in [2.75, 3.05) is 0 Å². The molecule has 0 saturated heterocycles. The maximum atomic E-state index is 5.60. The topological polar surface area (TPSA) is 0 Å². The Kier molecular flexibility index (Phi) is 3.59. The van der Waals surface area contributed by atoms with Gasteiger partial charge in [-0.15, -0.1) is 0 Å². The molecule has 12 heavy (non-hydrogen) atoms. The van der Waals surface area contributed by atoms with Gasteiger partial charge in [-0.2, -0.15) is 0 Å². The number of hydrogen-bond donors (Lipinski definition) is 0. The molecule has 0 aliphatic carbocycles. The van der Waals surface area contributed by atoms with Crippen LogP contribution in [0.5, 0.6) is 0 Å². The molecule has 66 valence electrons. The van der Waals surface area contributed by atoms with Crippen LogP contribution in [-0.4, -0.2) is 3.12 Å². The fraction of sp³-hybridized carbons (Fsp3) is 0.250. The molecule has 0 aliphatic heterocycles. The lowest BCUT2D eigenvalue weighted by Crippen LogP contribution is -1.92. The summed E-state index contributed by atoms with van der Waals surface area (Å²) in [4.78, 5) is 0.959. The summed E-state index contributed by atoms with van der Waals surface area (Å²) >= 11 is 18.0. The molecule has 0 radical (unpaired) electrons. The average Bonchev–Trinajstić information content (AvgIpc) is 1.91. The Labute approximate surface area is 91.2 Å². The van der Waals surface area contributed by atoms with E-state index in [9.17, 15) is 0 Å². The molecule has 0 unspecified atom stereocenters. The second kappa shape index (κ2) is 4.10. The van der Waals surface area contributed by atoms with Crippen molar-refractivity contribution in [2.45, 2.75) is 14.9 Å². The van der Waals surface area contributed by atoms with Crippen LogP contribution in [0.25, 0.3) is 0 Å². The van der Waals surface area contributed by atoms with Crippen LogP contribution in [0.2, 0.25) is 0 Å². The molecule has 0 aromatic heterocycles. The fourth-order valence-corrected chi connectivity index (χ4v) is 2.08. The highest BCUT2D eigenvalue weighted by molar-refractivity contribution is 8.04. The number of rotatable bonds is 1. The van der Waals surface area contributed by atoms with Gasteiger partial charge in [-0.05, 0) is 19.1 Å². The van der Waals surface area contributed by atoms with Crippen molar-refractivity contribution in [1.82, 2.24) is 0 Å². The molecule has 0 nitrogen and oxygen atoms in total. The monoisotopic (exact) mass is 240 g/mol. The minimum Gasteiger partial charge on any atom is -0.0714 e. The van der Waals surface area contributed by atoms with Gasteiger partial charge in [-0.25, -0.2) is 0 Å². The highest BCUT2D eigenvalue weighted by Crippen LogP contribution is 2.43. The van der Waals surface area contributed by atoms with Gasteiger partial charge in [0.1, 0.15) is 0 Å². The van der Waals surface area contributed by atoms with E-state index in [1.165, 1.54) is 17.3 Å². The molecule has 0 amide bonds. The Hall–Kier alpha value is 0.440. The predicted molar refractivity (Wildman–Crippen MR) is 57.3 cm³/mol. The zero-order valence-electron chi connectivity index (χ0n) is 6.35. The smallest absolute Gasteiger partial charge is 0.0714 e. The van der Waals surface area contributed by atoms with Crippen molar-refractivity contribution < 1.29 is 0 Å². The van der Waals surface area contributed by atoms with E-state index in [1.807, 2.05) is 31.2 Å². The normalized spacial score (nSPS) is 11.7. The predicted octanol–water partition coefficient (Wildman–Crippen LogP) is 4.41. The molecular formula is C8H7Cl3S. The van der Waals surface area contributed by atoms with Gasteiger partial charge in [0.2, 0.25) is 3.12 Å². The molecule has 0 aliphatic rings. The summed E-state index contributed by atoms with van der Waals surface area (Å²) in [6, 6.07) is 7.83. The summed E-state index contributed by atoms with van der Waals surface area (Å²) in [5.74, 6) is 0. The maximum absolute atomic E-state index is 5.60. The summed E-state index contributed by atoms with van der Waals surface area (Å²) in [5.41, 5.74) is 1.20. The standard InChI is InChI=1S/C8H7Cl3S/c1-6-2-4-7(5-3-6)12-8(9,10)11/h2-5H,1H3. The van der Waals surface area contributed by atoms with Crippen LogP contribution in [0, 0.1) is 6.92 Å². The van der Waals surface area contributed by atoms with E-state index in [2.05, 4.69) is 0 Å². The first-order valence-electron chi connectivity index (χ1n) is 3.30. The van der Waals surface area contributed by atoms with Crippen molar-refractivity contribution >= 4 is 46.6 Å². The first-order valence-corrected chi connectivity index (χ1v) is 5.25. The molecule has 1 rings (SSSR count). The largest absolute Gasteiger partial charge is 0.241 e. The minimum absolute atomic E-state index is 0.959. The number of halogens is 3. The van der Waals surface area contributed by atoms with Gasteiger partial charge in [0.15, 0.2) is 0 Å². The van der Waals surface area contributed by atoms with Crippen LogP contribution in [-0.2, 0) is 0 Å². The highest BCUT2D eigenvalue weighted by Gasteiger charge is 2.20. The molecule has 0 bridgehead atoms. The number of alkyl halides is 3. The first-order chi connectivity index (χ1) is 5.47. The van der Waals surface area contributed by atoms with Gasteiger partial charge in [0, 0.05) is 4.90 Å². The summed E-state index contributed by atoms with van der Waals surface area (Å²) in [5, 5.41) is 0. The third kappa shape index (κ3) is 3.90. The lowest BCUT2D eigenvalue weighted by molar-refractivity contribution is 1.37. The van der Waals surface area contributed by atoms with E-state index in [1.54, 1.807) is 0 Å². The Bertz CT molecular complexity index is 250. The van der Waals surface area contributed by atoms with Crippen LogP contribution >= 0.6 is 46.6 Å². The van der Waals surface area contributed by atoms with Crippen LogP contribution in [0.4, 0.5) is 0 Å². The van der Waals surface area contributed by atoms with Gasteiger partial charge >= 0.3 is 0 Å². The fourth-order valence-electron chi connectivity index (χ4n) is 0.740. The Balaban J connectivity index is 2.71. The number of hydrogen-bond acceptors (Lipinski definition) is 1. The summed E-state index contributed by atoms with van der Waals surface area (Å²) in [6.45, 7) is 2.02. The van der Waals surface area contributed by atoms with Crippen molar-refractivity contribution in [3.05, 3.63) is 29.8 Å². The number of thioether (sulfide) groups is 1. The van der Waals surface area contributed by atoms with Crippen molar-refractivity contribution in [2.24, 2.45) is 0 Å². The number of aryl methyl sites for hydroxylation is 1. The zero-order chi connectivity index (χ0) is 9.19. The van der Waals surface area contributed by atoms with Gasteiger partial charge in [0.05, 0.1) is 0 Å².